The van der Waals surface area contributed by atoms with E-state index >= 15 is 0 Å². The molecule has 1 aromatic heterocycles. The van der Waals surface area contributed by atoms with Crippen molar-refractivity contribution in [1.82, 2.24) is 5.32 Å². The molecule has 104 valence electrons. The van der Waals surface area contributed by atoms with Crippen LogP contribution in [0, 0.1) is 0 Å². The predicted octanol–water partition coefficient (Wildman–Crippen LogP) is 1.28. The highest BCUT2D eigenvalue weighted by Gasteiger charge is 2.16. The molecule has 0 aliphatic heterocycles. The summed E-state index contributed by atoms with van der Waals surface area (Å²) in [5.74, 6) is -1.09. The zero-order valence-electron chi connectivity index (χ0n) is 10.8. The van der Waals surface area contributed by atoms with Crippen LogP contribution in [0.2, 0.25) is 0 Å². The van der Waals surface area contributed by atoms with Crippen LogP contribution in [0.3, 0.4) is 0 Å². The SMILES string of the molecule is COc1cccc(CNC(=O)c2occc(=O)c2O)c1. The fourth-order valence-corrected chi connectivity index (χ4v) is 1.62. The molecule has 0 saturated heterocycles. The summed E-state index contributed by atoms with van der Waals surface area (Å²) in [6.07, 6.45) is 1.06. The van der Waals surface area contributed by atoms with E-state index in [9.17, 15) is 14.7 Å². The summed E-state index contributed by atoms with van der Waals surface area (Å²) in [6.45, 7) is 0.216. The zero-order valence-corrected chi connectivity index (χ0v) is 10.8. The number of hydrogen-bond donors (Lipinski definition) is 2. The van der Waals surface area contributed by atoms with Gasteiger partial charge in [0.05, 0.1) is 13.4 Å². The number of methoxy groups -OCH3 is 1. The van der Waals surface area contributed by atoms with Crippen molar-refractivity contribution in [3.05, 3.63) is 58.1 Å². The largest absolute Gasteiger partial charge is 0.501 e. The first-order chi connectivity index (χ1) is 9.61. The normalized spacial score (nSPS) is 10.1. The third kappa shape index (κ3) is 2.97. The Labute approximate surface area is 114 Å². The quantitative estimate of drug-likeness (QED) is 0.877. The molecule has 0 unspecified atom stereocenters. The van der Waals surface area contributed by atoms with Crippen molar-refractivity contribution in [3.8, 4) is 11.5 Å². The topological polar surface area (TPSA) is 88.8 Å². The Balaban J connectivity index is 2.08. The second-order valence-corrected chi connectivity index (χ2v) is 4.00. The Hall–Kier alpha value is -2.76. The molecule has 0 aliphatic carbocycles. The predicted molar refractivity (Wildman–Crippen MR) is 70.8 cm³/mol. The minimum Gasteiger partial charge on any atom is -0.501 e. The molecule has 1 aromatic carbocycles. The first-order valence-corrected chi connectivity index (χ1v) is 5.83. The molecule has 20 heavy (non-hydrogen) atoms. The van der Waals surface area contributed by atoms with E-state index in [-0.39, 0.29) is 6.54 Å². The van der Waals surface area contributed by atoms with Gasteiger partial charge in [-0.2, -0.15) is 0 Å². The minimum absolute atomic E-state index is 0.216. The van der Waals surface area contributed by atoms with Gasteiger partial charge in [0.15, 0.2) is 0 Å². The number of carbonyl (C=O) groups excluding carboxylic acids is 1. The third-order valence-corrected chi connectivity index (χ3v) is 2.65. The lowest BCUT2D eigenvalue weighted by molar-refractivity contribution is 0.0915. The molecule has 6 nitrogen and oxygen atoms in total. The summed E-state index contributed by atoms with van der Waals surface area (Å²) < 4.78 is 9.92. The highest BCUT2D eigenvalue weighted by Crippen LogP contribution is 2.13. The minimum atomic E-state index is -0.698. The summed E-state index contributed by atoms with van der Waals surface area (Å²) >= 11 is 0. The van der Waals surface area contributed by atoms with Crippen LogP contribution in [-0.4, -0.2) is 18.1 Å². The number of amides is 1. The molecule has 0 fully saturated rings. The fourth-order valence-electron chi connectivity index (χ4n) is 1.62. The van der Waals surface area contributed by atoms with Crippen LogP contribution in [0.15, 0.2) is 45.8 Å². The number of hydrogen-bond acceptors (Lipinski definition) is 5. The molecule has 1 amide bonds. The van der Waals surface area contributed by atoms with Gasteiger partial charge in [0.25, 0.3) is 5.91 Å². The Morgan fingerprint density at radius 3 is 2.95 bits per heavy atom. The van der Waals surface area contributed by atoms with Gasteiger partial charge >= 0.3 is 0 Å². The lowest BCUT2D eigenvalue weighted by Gasteiger charge is -2.06. The second-order valence-electron chi connectivity index (χ2n) is 4.00. The maximum atomic E-state index is 11.8. The van der Waals surface area contributed by atoms with Gasteiger partial charge in [-0.05, 0) is 17.7 Å². The molecule has 2 rings (SSSR count). The van der Waals surface area contributed by atoms with E-state index in [0.29, 0.717) is 5.75 Å². The van der Waals surface area contributed by atoms with E-state index in [2.05, 4.69) is 5.32 Å². The van der Waals surface area contributed by atoms with Gasteiger partial charge in [-0.15, -0.1) is 0 Å². The zero-order chi connectivity index (χ0) is 14.5. The van der Waals surface area contributed by atoms with Crippen molar-refractivity contribution in [2.24, 2.45) is 0 Å². The maximum absolute atomic E-state index is 11.8. The lowest BCUT2D eigenvalue weighted by atomic mass is 10.2. The molecule has 0 saturated carbocycles. The first kappa shape index (κ1) is 13.7. The van der Waals surface area contributed by atoms with Gasteiger partial charge in [-0.25, -0.2) is 0 Å². The average molecular weight is 275 g/mol. The number of ether oxygens (including phenoxy) is 1. The van der Waals surface area contributed by atoms with Crippen molar-refractivity contribution >= 4 is 5.91 Å². The van der Waals surface area contributed by atoms with E-state index in [1.54, 1.807) is 25.3 Å². The van der Waals surface area contributed by atoms with Gasteiger partial charge in [-0.3, -0.25) is 9.59 Å². The lowest BCUT2D eigenvalue weighted by Crippen LogP contribution is -2.24. The monoisotopic (exact) mass is 275 g/mol. The third-order valence-electron chi connectivity index (χ3n) is 2.65. The van der Waals surface area contributed by atoms with Gasteiger partial charge in [-0.1, -0.05) is 12.1 Å². The van der Waals surface area contributed by atoms with Crippen LogP contribution in [0.25, 0.3) is 0 Å². The Bertz CT molecular complexity index is 677. The van der Waals surface area contributed by atoms with Gasteiger partial charge in [0.2, 0.25) is 16.9 Å². The van der Waals surface area contributed by atoms with Crippen molar-refractivity contribution < 1.29 is 19.1 Å². The first-order valence-electron chi connectivity index (χ1n) is 5.83. The smallest absolute Gasteiger partial charge is 0.291 e. The number of carbonyl (C=O) groups is 1. The molecule has 0 bridgehead atoms. The number of benzene rings is 1. The Morgan fingerprint density at radius 2 is 2.20 bits per heavy atom. The van der Waals surface area contributed by atoms with Crippen molar-refractivity contribution in [3.63, 3.8) is 0 Å². The van der Waals surface area contributed by atoms with Crippen molar-refractivity contribution in [2.45, 2.75) is 6.54 Å². The fraction of sp³-hybridized carbons (Fsp3) is 0.143. The van der Waals surface area contributed by atoms with Crippen molar-refractivity contribution in [1.29, 1.82) is 0 Å². The van der Waals surface area contributed by atoms with E-state index in [0.717, 1.165) is 17.9 Å². The van der Waals surface area contributed by atoms with E-state index < -0.39 is 22.8 Å². The molecular formula is C14H13NO5. The van der Waals surface area contributed by atoms with E-state index in [4.69, 9.17) is 9.15 Å². The Kier molecular flexibility index (Phi) is 4.05. The van der Waals surface area contributed by atoms with Gasteiger partial charge in [0.1, 0.15) is 5.75 Å². The van der Waals surface area contributed by atoms with Gasteiger partial charge in [0, 0.05) is 12.6 Å². The standard InChI is InChI=1S/C14H13NO5/c1-19-10-4-2-3-9(7-10)8-15-14(18)13-12(17)11(16)5-6-20-13/h2-7,17H,8H2,1H3,(H,15,18). The van der Waals surface area contributed by atoms with Crippen LogP contribution in [-0.2, 0) is 6.54 Å². The summed E-state index contributed by atoms with van der Waals surface area (Å²) in [4.78, 5) is 23.0. The van der Waals surface area contributed by atoms with E-state index in [1.807, 2.05) is 6.07 Å². The summed E-state index contributed by atoms with van der Waals surface area (Å²) in [5.41, 5.74) is 0.151. The highest BCUT2D eigenvalue weighted by molar-refractivity contribution is 5.93. The summed E-state index contributed by atoms with van der Waals surface area (Å²) in [6, 6.07) is 8.19. The number of nitrogens with one attached hydrogen (secondary N) is 1. The molecule has 2 N–H and O–H groups in total. The summed E-state index contributed by atoms with van der Waals surface area (Å²) in [5, 5.41) is 12.0. The van der Waals surface area contributed by atoms with Crippen LogP contribution in [0.1, 0.15) is 16.1 Å². The van der Waals surface area contributed by atoms with Crippen molar-refractivity contribution in [2.75, 3.05) is 7.11 Å². The molecule has 1 heterocycles. The van der Waals surface area contributed by atoms with Crippen LogP contribution in [0.4, 0.5) is 0 Å². The highest BCUT2D eigenvalue weighted by atomic mass is 16.5. The summed E-state index contributed by atoms with van der Waals surface area (Å²) in [7, 11) is 1.55. The van der Waals surface area contributed by atoms with E-state index in [1.165, 1.54) is 0 Å². The van der Waals surface area contributed by atoms with Gasteiger partial charge < -0.3 is 19.6 Å². The average Bonchev–Trinajstić information content (AvgIpc) is 2.48. The Morgan fingerprint density at radius 1 is 1.40 bits per heavy atom. The second kappa shape index (κ2) is 5.92. The van der Waals surface area contributed by atoms with Crippen LogP contribution < -0.4 is 15.5 Å². The number of rotatable bonds is 4. The molecule has 0 radical (unpaired) electrons. The molecule has 0 atom stereocenters. The molecule has 6 heteroatoms. The molecular weight excluding hydrogens is 262 g/mol. The molecule has 0 spiro atoms. The van der Waals surface area contributed by atoms with Crippen LogP contribution in [0.5, 0.6) is 11.5 Å². The maximum Gasteiger partial charge on any atom is 0.291 e. The molecule has 2 aromatic rings. The molecule has 0 aliphatic rings. The number of aromatic hydroxyl groups is 1. The van der Waals surface area contributed by atoms with Crippen LogP contribution >= 0.6 is 0 Å².